The van der Waals surface area contributed by atoms with E-state index >= 15 is 0 Å². The summed E-state index contributed by atoms with van der Waals surface area (Å²) in [6.45, 7) is 5.43. The van der Waals surface area contributed by atoms with Crippen molar-refractivity contribution >= 4 is 5.71 Å². The number of hydrogen-bond donors (Lipinski definition) is 1. The summed E-state index contributed by atoms with van der Waals surface area (Å²) in [5.41, 5.74) is 0.320. The monoisotopic (exact) mass is 286 g/mol. The molecule has 1 aromatic carbocycles. The molecule has 0 spiro atoms. The Morgan fingerprint density at radius 1 is 1.19 bits per heavy atom. The van der Waals surface area contributed by atoms with Crippen molar-refractivity contribution in [2.45, 2.75) is 32.5 Å². The van der Waals surface area contributed by atoms with Crippen molar-refractivity contribution < 1.29 is 14.4 Å². The Labute approximate surface area is 123 Å². The van der Waals surface area contributed by atoms with E-state index < -0.39 is 11.7 Å². The van der Waals surface area contributed by atoms with Gasteiger partial charge in [-0.15, -0.1) is 5.06 Å². The largest absolute Gasteiger partial charge is 0.622 e. The quantitative estimate of drug-likeness (QED) is 0.680. The standard InChI is InChI=1S/C16H18N2O3/c1-11-9-10-13(21-11)14-16(2,3)18(20)15(17(14)19)12-7-5-4-6-8-12/h4-10,15,20H,1-3H3. The predicted octanol–water partition coefficient (Wildman–Crippen LogP) is 3.07. The highest BCUT2D eigenvalue weighted by Crippen LogP contribution is 2.36. The highest BCUT2D eigenvalue weighted by Gasteiger charge is 2.53. The number of nitrogens with zero attached hydrogens (tertiary/aromatic N) is 2. The van der Waals surface area contributed by atoms with E-state index in [0.29, 0.717) is 11.5 Å². The third kappa shape index (κ3) is 2.05. The predicted molar refractivity (Wildman–Crippen MR) is 78.1 cm³/mol. The number of aryl methyl sites for hydroxylation is 1. The first-order chi connectivity index (χ1) is 9.93. The Balaban J connectivity index is 2.14. The third-order valence-electron chi connectivity index (χ3n) is 3.90. The van der Waals surface area contributed by atoms with Gasteiger partial charge in [0.05, 0.1) is 0 Å². The van der Waals surface area contributed by atoms with Crippen LogP contribution in [0.15, 0.2) is 46.9 Å². The average molecular weight is 286 g/mol. The molecular weight excluding hydrogens is 268 g/mol. The van der Waals surface area contributed by atoms with Crippen molar-refractivity contribution in [3.8, 4) is 0 Å². The van der Waals surface area contributed by atoms with Gasteiger partial charge < -0.3 is 14.8 Å². The first kappa shape index (κ1) is 13.9. The molecule has 1 aliphatic rings. The molecule has 1 atom stereocenters. The second-order valence-corrected chi connectivity index (χ2v) is 5.77. The minimum absolute atomic E-state index is 0.423. The van der Waals surface area contributed by atoms with Gasteiger partial charge >= 0.3 is 0 Å². The van der Waals surface area contributed by atoms with Gasteiger partial charge in [-0.3, -0.25) is 0 Å². The van der Waals surface area contributed by atoms with E-state index in [4.69, 9.17) is 4.42 Å². The van der Waals surface area contributed by atoms with Crippen LogP contribution in [0.3, 0.4) is 0 Å². The van der Waals surface area contributed by atoms with E-state index in [1.807, 2.05) is 43.3 Å². The molecule has 0 bridgehead atoms. The molecule has 0 aliphatic carbocycles. The second kappa shape index (κ2) is 4.72. The van der Waals surface area contributed by atoms with Gasteiger partial charge in [0.25, 0.3) is 11.9 Å². The van der Waals surface area contributed by atoms with Gasteiger partial charge in [-0.25, -0.2) is 0 Å². The molecule has 0 fully saturated rings. The van der Waals surface area contributed by atoms with Gasteiger partial charge in [-0.05, 0) is 32.9 Å². The summed E-state index contributed by atoms with van der Waals surface area (Å²) in [5, 5.41) is 24.4. The SMILES string of the molecule is Cc1ccc(C2=[N+]([O-])C(c3ccccc3)N(O)C2(C)C)o1. The third-order valence-corrected chi connectivity index (χ3v) is 3.90. The Morgan fingerprint density at radius 2 is 1.86 bits per heavy atom. The first-order valence-corrected chi connectivity index (χ1v) is 6.86. The lowest BCUT2D eigenvalue weighted by atomic mass is 9.97. The molecule has 1 N–H and O–H groups in total. The Kier molecular flexibility index (Phi) is 3.11. The van der Waals surface area contributed by atoms with Crippen LogP contribution in [0.5, 0.6) is 0 Å². The van der Waals surface area contributed by atoms with Crippen LogP contribution < -0.4 is 0 Å². The van der Waals surface area contributed by atoms with E-state index in [1.165, 1.54) is 0 Å². The lowest BCUT2D eigenvalue weighted by Gasteiger charge is -2.25. The molecule has 0 saturated heterocycles. The maximum absolute atomic E-state index is 12.8. The number of rotatable bonds is 2. The summed E-state index contributed by atoms with van der Waals surface area (Å²) in [5.74, 6) is 1.22. The van der Waals surface area contributed by atoms with Crippen molar-refractivity contribution in [1.82, 2.24) is 5.06 Å². The maximum Gasteiger partial charge on any atom is 0.268 e. The second-order valence-electron chi connectivity index (χ2n) is 5.77. The fourth-order valence-corrected chi connectivity index (χ4v) is 2.78. The van der Waals surface area contributed by atoms with Crippen molar-refractivity contribution in [3.05, 3.63) is 64.8 Å². The molecule has 1 unspecified atom stereocenters. The fourth-order valence-electron chi connectivity index (χ4n) is 2.78. The topological polar surface area (TPSA) is 62.7 Å². The Hall–Kier alpha value is -2.11. The Bertz CT molecular complexity index is 689. The molecule has 2 heterocycles. The van der Waals surface area contributed by atoms with Crippen LogP contribution in [0.25, 0.3) is 0 Å². The van der Waals surface area contributed by atoms with Crippen molar-refractivity contribution in [2.24, 2.45) is 0 Å². The summed E-state index contributed by atoms with van der Waals surface area (Å²) in [6, 6.07) is 12.8. The smallest absolute Gasteiger partial charge is 0.268 e. The van der Waals surface area contributed by atoms with Crippen LogP contribution in [0.2, 0.25) is 0 Å². The minimum Gasteiger partial charge on any atom is -0.622 e. The number of benzene rings is 1. The number of hydrogen-bond acceptors (Lipinski definition) is 4. The summed E-state index contributed by atoms with van der Waals surface area (Å²) < 4.78 is 6.42. The highest BCUT2D eigenvalue weighted by atomic mass is 16.5. The van der Waals surface area contributed by atoms with Crippen molar-refractivity contribution in [2.75, 3.05) is 0 Å². The van der Waals surface area contributed by atoms with Crippen molar-refractivity contribution in [1.29, 1.82) is 0 Å². The molecule has 21 heavy (non-hydrogen) atoms. The van der Waals surface area contributed by atoms with E-state index in [0.717, 1.165) is 21.1 Å². The van der Waals surface area contributed by atoms with Crippen LogP contribution in [-0.4, -0.2) is 26.3 Å². The molecule has 5 heteroatoms. The van der Waals surface area contributed by atoms with Crippen LogP contribution in [0, 0.1) is 12.1 Å². The normalized spacial score (nSPS) is 22.0. The van der Waals surface area contributed by atoms with Gasteiger partial charge in [0.2, 0.25) is 0 Å². The molecule has 0 saturated carbocycles. The minimum atomic E-state index is -0.841. The lowest BCUT2D eigenvalue weighted by molar-refractivity contribution is -0.545. The number of furan rings is 1. The first-order valence-electron chi connectivity index (χ1n) is 6.86. The van der Waals surface area contributed by atoms with Crippen LogP contribution in [0.4, 0.5) is 0 Å². The molecular formula is C16H18N2O3. The van der Waals surface area contributed by atoms with E-state index in [-0.39, 0.29) is 0 Å². The zero-order valence-electron chi connectivity index (χ0n) is 12.3. The van der Waals surface area contributed by atoms with Crippen molar-refractivity contribution in [3.63, 3.8) is 0 Å². The zero-order chi connectivity index (χ0) is 15.2. The van der Waals surface area contributed by atoms with Crippen LogP contribution in [0.1, 0.15) is 37.1 Å². The van der Waals surface area contributed by atoms with E-state index in [1.54, 1.807) is 19.9 Å². The maximum atomic E-state index is 12.8. The van der Waals surface area contributed by atoms with Gasteiger partial charge in [-0.1, -0.05) is 30.3 Å². The van der Waals surface area contributed by atoms with Gasteiger partial charge in [0.1, 0.15) is 11.3 Å². The summed E-state index contributed by atoms with van der Waals surface area (Å²) >= 11 is 0. The zero-order valence-corrected chi connectivity index (χ0v) is 12.3. The molecule has 2 aromatic rings. The molecule has 5 nitrogen and oxygen atoms in total. The summed E-state index contributed by atoms with van der Waals surface area (Å²) in [6.07, 6.45) is -0.776. The molecule has 1 aliphatic heterocycles. The van der Waals surface area contributed by atoms with Crippen LogP contribution in [-0.2, 0) is 0 Å². The Morgan fingerprint density at radius 3 is 2.43 bits per heavy atom. The number of hydroxylamine groups is 3. The van der Waals surface area contributed by atoms with Gasteiger partial charge in [-0.2, -0.15) is 4.74 Å². The average Bonchev–Trinajstić information content (AvgIpc) is 2.92. The summed E-state index contributed by atoms with van der Waals surface area (Å²) in [4.78, 5) is 0. The highest BCUT2D eigenvalue weighted by molar-refractivity contribution is 6.02. The van der Waals surface area contributed by atoms with Gasteiger partial charge in [0.15, 0.2) is 5.76 Å². The molecule has 110 valence electrons. The van der Waals surface area contributed by atoms with Gasteiger partial charge in [0, 0.05) is 5.56 Å². The fraction of sp³-hybridized carbons (Fsp3) is 0.312. The molecule has 0 radical (unpaired) electrons. The lowest BCUT2D eigenvalue weighted by Crippen LogP contribution is -2.44. The van der Waals surface area contributed by atoms with E-state index in [9.17, 15) is 10.4 Å². The molecule has 0 amide bonds. The molecule has 1 aromatic heterocycles. The molecule has 3 rings (SSSR count). The summed E-state index contributed by atoms with van der Waals surface area (Å²) in [7, 11) is 0. The van der Waals surface area contributed by atoms with E-state index in [2.05, 4.69) is 0 Å². The van der Waals surface area contributed by atoms with Crippen LogP contribution >= 0.6 is 0 Å².